The number of fused-ring (bicyclic) bond motifs is 2. The van der Waals surface area contributed by atoms with Crippen molar-refractivity contribution in [1.82, 2.24) is 19.9 Å². The number of hydrogen-bond acceptors (Lipinski definition) is 4. The Balaban J connectivity index is 1.59. The molecule has 0 saturated carbocycles. The number of rotatable bonds is 2. The van der Waals surface area contributed by atoms with Gasteiger partial charge in [0.05, 0.1) is 31.5 Å². The van der Waals surface area contributed by atoms with Gasteiger partial charge >= 0.3 is 0 Å². The number of amides is 1. The van der Waals surface area contributed by atoms with E-state index in [0.717, 1.165) is 42.9 Å². The molecule has 0 bridgehead atoms. The quantitative estimate of drug-likeness (QED) is 0.781. The van der Waals surface area contributed by atoms with Crippen molar-refractivity contribution < 1.29 is 4.79 Å². The van der Waals surface area contributed by atoms with Gasteiger partial charge < -0.3 is 4.90 Å². The molecule has 1 aromatic carbocycles. The molecule has 1 saturated heterocycles. The molecule has 1 aromatic heterocycles. The number of para-hydroxylation sites is 1. The largest absolute Gasteiger partial charge is 0.306 e. The van der Waals surface area contributed by atoms with E-state index in [1.807, 2.05) is 27.8 Å². The molecule has 2 aromatic rings. The Labute approximate surface area is 147 Å². The van der Waals surface area contributed by atoms with Crippen molar-refractivity contribution in [3.05, 3.63) is 41.7 Å². The molecule has 128 valence electrons. The Kier molecular flexibility index (Phi) is 4.24. The van der Waals surface area contributed by atoms with E-state index in [4.69, 9.17) is 6.42 Å². The first-order valence-electron chi connectivity index (χ1n) is 8.68. The van der Waals surface area contributed by atoms with Gasteiger partial charge in [0.15, 0.2) is 0 Å². The van der Waals surface area contributed by atoms with Crippen LogP contribution in [0.5, 0.6) is 0 Å². The average Bonchev–Trinajstić information content (AvgIpc) is 3.01. The molecule has 2 aliphatic heterocycles. The molecule has 4 rings (SSSR count). The van der Waals surface area contributed by atoms with Gasteiger partial charge in [0.1, 0.15) is 0 Å². The van der Waals surface area contributed by atoms with Crippen molar-refractivity contribution in [3.8, 4) is 12.3 Å². The highest BCUT2D eigenvalue weighted by atomic mass is 16.2. The zero-order chi connectivity index (χ0) is 17.2. The fraction of sp³-hybridized carbons (Fsp3) is 0.421. The third-order valence-electron chi connectivity index (χ3n) is 5.14. The number of anilines is 1. The van der Waals surface area contributed by atoms with Crippen LogP contribution in [0.25, 0.3) is 0 Å². The maximum absolute atomic E-state index is 13.3. The summed E-state index contributed by atoms with van der Waals surface area (Å²) in [5.41, 5.74) is 3.06. The first-order chi connectivity index (χ1) is 12.3. The molecule has 0 aliphatic carbocycles. The molecule has 0 atom stereocenters. The molecular weight excluding hydrogens is 314 g/mol. The van der Waals surface area contributed by atoms with E-state index in [0.29, 0.717) is 19.6 Å². The lowest BCUT2D eigenvalue weighted by Crippen LogP contribution is -2.42. The minimum atomic E-state index is 0.0458. The molecule has 3 heterocycles. The van der Waals surface area contributed by atoms with Gasteiger partial charge in [-0.2, -0.15) is 0 Å². The predicted molar refractivity (Wildman–Crippen MR) is 94.8 cm³/mol. The second kappa shape index (κ2) is 6.69. The molecule has 2 aliphatic rings. The zero-order valence-electron chi connectivity index (χ0n) is 14.1. The fourth-order valence-electron chi connectivity index (χ4n) is 3.74. The van der Waals surface area contributed by atoms with E-state index in [-0.39, 0.29) is 11.8 Å². The molecule has 0 unspecified atom stereocenters. The van der Waals surface area contributed by atoms with Crippen molar-refractivity contribution in [3.63, 3.8) is 0 Å². The summed E-state index contributed by atoms with van der Waals surface area (Å²) in [6.07, 6.45) is 8.86. The van der Waals surface area contributed by atoms with Crippen molar-refractivity contribution in [2.24, 2.45) is 5.92 Å². The molecule has 0 N–H and O–H groups in total. The summed E-state index contributed by atoms with van der Waals surface area (Å²) in [7, 11) is 0. The summed E-state index contributed by atoms with van der Waals surface area (Å²) in [5, 5.41) is 8.16. The van der Waals surface area contributed by atoms with Gasteiger partial charge in [0.2, 0.25) is 5.91 Å². The first kappa shape index (κ1) is 15.9. The van der Waals surface area contributed by atoms with Crippen LogP contribution in [0.2, 0.25) is 0 Å². The summed E-state index contributed by atoms with van der Waals surface area (Å²) in [6.45, 7) is 3.60. The van der Waals surface area contributed by atoms with Crippen LogP contribution >= 0.6 is 0 Å². The maximum Gasteiger partial charge on any atom is 0.230 e. The van der Waals surface area contributed by atoms with Gasteiger partial charge in [-0.05, 0) is 37.6 Å². The van der Waals surface area contributed by atoms with Crippen LogP contribution < -0.4 is 4.90 Å². The van der Waals surface area contributed by atoms with E-state index in [1.54, 1.807) is 6.20 Å². The maximum atomic E-state index is 13.3. The van der Waals surface area contributed by atoms with Crippen molar-refractivity contribution >= 4 is 11.6 Å². The highest BCUT2D eigenvalue weighted by Gasteiger charge is 2.32. The molecule has 1 fully saturated rings. The number of benzene rings is 1. The SMILES string of the molecule is C#CCN1CCC(C(=O)N2Cc3cnnn3Cc3ccccc32)CC1. The minimum Gasteiger partial charge on any atom is -0.306 e. The number of nitrogens with zero attached hydrogens (tertiary/aromatic N) is 5. The van der Waals surface area contributed by atoms with E-state index in [2.05, 4.69) is 27.2 Å². The molecule has 6 nitrogen and oxygen atoms in total. The third-order valence-corrected chi connectivity index (χ3v) is 5.14. The number of likely N-dealkylation sites (tertiary alicyclic amines) is 1. The monoisotopic (exact) mass is 335 g/mol. The summed E-state index contributed by atoms with van der Waals surface area (Å²) in [5.74, 6) is 2.93. The summed E-state index contributed by atoms with van der Waals surface area (Å²) in [6, 6.07) is 8.07. The fourth-order valence-corrected chi connectivity index (χ4v) is 3.74. The number of terminal acetylenes is 1. The zero-order valence-corrected chi connectivity index (χ0v) is 14.1. The van der Waals surface area contributed by atoms with Crippen molar-refractivity contribution in [2.45, 2.75) is 25.9 Å². The van der Waals surface area contributed by atoms with E-state index < -0.39 is 0 Å². The smallest absolute Gasteiger partial charge is 0.230 e. The lowest BCUT2D eigenvalue weighted by Gasteiger charge is -2.33. The Morgan fingerprint density at radius 3 is 2.84 bits per heavy atom. The van der Waals surface area contributed by atoms with Crippen molar-refractivity contribution in [1.29, 1.82) is 0 Å². The molecular formula is C19H21N5O. The Morgan fingerprint density at radius 1 is 1.24 bits per heavy atom. The van der Waals surface area contributed by atoms with Gasteiger partial charge in [-0.15, -0.1) is 11.5 Å². The van der Waals surface area contributed by atoms with Crippen LogP contribution in [0.1, 0.15) is 24.1 Å². The number of carbonyl (C=O) groups is 1. The molecule has 6 heteroatoms. The van der Waals surface area contributed by atoms with Gasteiger partial charge in [0.25, 0.3) is 0 Å². The highest BCUT2D eigenvalue weighted by molar-refractivity contribution is 5.95. The molecule has 1 amide bonds. The van der Waals surface area contributed by atoms with Crippen LogP contribution in [0.15, 0.2) is 30.5 Å². The van der Waals surface area contributed by atoms with E-state index in [9.17, 15) is 4.79 Å². The van der Waals surface area contributed by atoms with Crippen LogP contribution in [-0.2, 0) is 17.9 Å². The summed E-state index contributed by atoms with van der Waals surface area (Å²) >= 11 is 0. The Morgan fingerprint density at radius 2 is 2.04 bits per heavy atom. The molecule has 25 heavy (non-hydrogen) atoms. The predicted octanol–water partition coefficient (Wildman–Crippen LogP) is 1.52. The van der Waals surface area contributed by atoms with E-state index >= 15 is 0 Å². The number of carbonyl (C=O) groups excluding carboxylic acids is 1. The summed E-state index contributed by atoms with van der Waals surface area (Å²) < 4.78 is 1.88. The van der Waals surface area contributed by atoms with Crippen LogP contribution in [0.3, 0.4) is 0 Å². The van der Waals surface area contributed by atoms with Crippen LogP contribution in [0, 0.1) is 18.3 Å². The highest BCUT2D eigenvalue weighted by Crippen LogP contribution is 2.30. The van der Waals surface area contributed by atoms with Crippen LogP contribution in [0.4, 0.5) is 5.69 Å². The topological polar surface area (TPSA) is 54.3 Å². The number of piperidine rings is 1. The lowest BCUT2D eigenvalue weighted by molar-refractivity contribution is -0.123. The summed E-state index contributed by atoms with van der Waals surface area (Å²) in [4.78, 5) is 17.4. The standard InChI is InChI=1S/C19H21N5O/c1-2-9-22-10-7-15(8-11-22)19(25)23-14-17-12-20-21-24(17)13-16-5-3-4-6-18(16)23/h1,3-6,12,15H,7-11,13-14H2. The Bertz CT molecular complexity index is 813. The average molecular weight is 335 g/mol. The second-order valence-electron chi connectivity index (χ2n) is 6.69. The lowest BCUT2D eigenvalue weighted by atomic mass is 9.94. The van der Waals surface area contributed by atoms with Gasteiger partial charge in [-0.1, -0.05) is 29.3 Å². The number of aromatic nitrogens is 3. The molecule has 0 spiro atoms. The second-order valence-corrected chi connectivity index (χ2v) is 6.69. The molecule has 0 radical (unpaired) electrons. The van der Waals surface area contributed by atoms with Gasteiger partial charge in [-0.3, -0.25) is 9.69 Å². The van der Waals surface area contributed by atoms with Crippen LogP contribution in [-0.4, -0.2) is 45.4 Å². The third kappa shape index (κ3) is 3.03. The van der Waals surface area contributed by atoms with E-state index in [1.165, 1.54) is 0 Å². The van der Waals surface area contributed by atoms with Gasteiger partial charge in [0, 0.05) is 11.6 Å². The van der Waals surface area contributed by atoms with Gasteiger partial charge in [-0.25, -0.2) is 4.68 Å². The van der Waals surface area contributed by atoms with Crippen molar-refractivity contribution in [2.75, 3.05) is 24.5 Å². The minimum absolute atomic E-state index is 0.0458. The Hall–Kier alpha value is -2.65. The number of hydrogen-bond donors (Lipinski definition) is 0. The first-order valence-corrected chi connectivity index (χ1v) is 8.68. The normalized spacial score (nSPS) is 18.1.